The normalized spacial score (nSPS) is 10.1. The number of Topliss-reactive ketones (excluding diaryl/α,β-unsaturated/α-hetero) is 1. The van der Waals surface area contributed by atoms with Crippen LogP contribution in [0.25, 0.3) is 0 Å². The maximum Gasteiger partial charge on any atom is 0.160 e. The van der Waals surface area contributed by atoms with Gasteiger partial charge in [0.2, 0.25) is 0 Å². The highest BCUT2D eigenvalue weighted by atomic mass is 35.5. The summed E-state index contributed by atoms with van der Waals surface area (Å²) in [4.78, 5) is 12.4. The zero-order valence-corrected chi connectivity index (χ0v) is 12.5. The molecule has 0 aliphatic rings. The average Bonchev–Trinajstić information content (AvgIpc) is 2.46. The van der Waals surface area contributed by atoms with Crippen LogP contribution in [0.4, 0.5) is 0 Å². The van der Waals surface area contributed by atoms with Crippen LogP contribution in [0, 0.1) is 11.3 Å². The highest BCUT2D eigenvalue weighted by Crippen LogP contribution is 2.30. The number of rotatable bonds is 4. The second-order valence-electron chi connectivity index (χ2n) is 4.26. The van der Waals surface area contributed by atoms with Crippen molar-refractivity contribution in [2.45, 2.75) is 17.6 Å². The minimum Gasteiger partial charge on any atom is -0.294 e. The number of hydrogen-bond donors (Lipinski definition) is 0. The molecule has 2 aromatic carbocycles. The third kappa shape index (κ3) is 3.41. The molecule has 0 fully saturated rings. The second kappa shape index (κ2) is 6.60. The number of nitrogens with zero attached hydrogens (tertiary/aromatic N) is 1. The zero-order chi connectivity index (χ0) is 14.5. The van der Waals surface area contributed by atoms with Gasteiger partial charge in [0.15, 0.2) is 5.78 Å². The van der Waals surface area contributed by atoms with E-state index in [0.29, 0.717) is 21.9 Å². The molecule has 0 radical (unpaired) electrons. The lowest BCUT2D eigenvalue weighted by Gasteiger charge is -2.08. The fourth-order valence-electron chi connectivity index (χ4n) is 1.77. The largest absolute Gasteiger partial charge is 0.294 e. The Bertz CT molecular complexity index is 691. The summed E-state index contributed by atoms with van der Waals surface area (Å²) < 4.78 is 0. The lowest BCUT2D eigenvalue weighted by Crippen LogP contribution is -1.96. The van der Waals surface area contributed by atoms with E-state index in [0.717, 1.165) is 10.5 Å². The summed E-state index contributed by atoms with van der Waals surface area (Å²) in [5, 5.41) is 9.66. The minimum absolute atomic E-state index is 0.00357. The van der Waals surface area contributed by atoms with Crippen LogP contribution in [0.2, 0.25) is 5.02 Å². The SMILES string of the molecule is CC(=O)c1ccc(C#N)cc1SCc1ccccc1Cl. The number of hydrogen-bond acceptors (Lipinski definition) is 3. The maximum absolute atomic E-state index is 11.6. The summed E-state index contributed by atoms with van der Waals surface area (Å²) in [6, 6.07) is 14.8. The lowest BCUT2D eigenvalue weighted by atomic mass is 10.1. The van der Waals surface area contributed by atoms with Gasteiger partial charge in [-0.05, 0) is 36.8 Å². The quantitative estimate of drug-likeness (QED) is 0.607. The van der Waals surface area contributed by atoms with Crippen LogP contribution in [0.1, 0.15) is 28.4 Å². The molecule has 100 valence electrons. The van der Waals surface area contributed by atoms with Gasteiger partial charge in [0.05, 0.1) is 11.6 Å². The maximum atomic E-state index is 11.6. The van der Waals surface area contributed by atoms with Gasteiger partial charge in [0.25, 0.3) is 0 Å². The molecular formula is C16H12ClNOS. The number of halogens is 1. The van der Waals surface area contributed by atoms with Crippen molar-refractivity contribution in [2.24, 2.45) is 0 Å². The first-order valence-corrected chi connectivity index (χ1v) is 7.39. The molecule has 0 aromatic heterocycles. The molecule has 0 saturated carbocycles. The standard InChI is InChI=1S/C16H12ClNOS/c1-11(19)14-7-6-12(9-18)8-16(14)20-10-13-4-2-3-5-15(13)17/h2-8H,10H2,1H3. The minimum atomic E-state index is -0.00357. The summed E-state index contributed by atoms with van der Waals surface area (Å²) in [6.45, 7) is 1.53. The molecule has 0 amide bonds. The van der Waals surface area contributed by atoms with Gasteiger partial charge < -0.3 is 0 Å². The molecule has 0 N–H and O–H groups in total. The van der Waals surface area contributed by atoms with E-state index in [1.165, 1.54) is 18.7 Å². The molecule has 0 spiro atoms. The molecule has 2 rings (SSSR count). The van der Waals surface area contributed by atoms with Crippen molar-refractivity contribution in [1.29, 1.82) is 5.26 Å². The van der Waals surface area contributed by atoms with Gasteiger partial charge in [-0.15, -0.1) is 11.8 Å². The molecule has 0 aliphatic carbocycles. The van der Waals surface area contributed by atoms with E-state index in [1.807, 2.05) is 24.3 Å². The van der Waals surface area contributed by atoms with E-state index in [-0.39, 0.29) is 5.78 Å². The van der Waals surface area contributed by atoms with Crippen LogP contribution >= 0.6 is 23.4 Å². The first kappa shape index (κ1) is 14.6. The third-order valence-electron chi connectivity index (χ3n) is 2.83. The van der Waals surface area contributed by atoms with E-state index in [9.17, 15) is 4.79 Å². The van der Waals surface area contributed by atoms with Crippen molar-refractivity contribution < 1.29 is 4.79 Å². The smallest absolute Gasteiger partial charge is 0.160 e. The van der Waals surface area contributed by atoms with Gasteiger partial charge in [0, 0.05) is 21.2 Å². The number of carbonyl (C=O) groups excluding carboxylic acids is 1. The van der Waals surface area contributed by atoms with Crippen molar-refractivity contribution in [3.63, 3.8) is 0 Å². The van der Waals surface area contributed by atoms with E-state index in [2.05, 4.69) is 6.07 Å². The van der Waals surface area contributed by atoms with Gasteiger partial charge in [0.1, 0.15) is 0 Å². The average molecular weight is 302 g/mol. The van der Waals surface area contributed by atoms with Gasteiger partial charge in [-0.1, -0.05) is 29.8 Å². The highest BCUT2D eigenvalue weighted by molar-refractivity contribution is 7.98. The monoisotopic (exact) mass is 301 g/mol. The zero-order valence-electron chi connectivity index (χ0n) is 10.9. The Morgan fingerprint density at radius 1 is 1.30 bits per heavy atom. The Kier molecular flexibility index (Phi) is 4.84. The van der Waals surface area contributed by atoms with Gasteiger partial charge in [-0.25, -0.2) is 0 Å². The Balaban J connectivity index is 2.26. The fraction of sp³-hybridized carbons (Fsp3) is 0.125. The highest BCUT2D eigenvalue weighted by Gasteiger charge is 2.10. The second-order valence-corrected chi connectivity index (χ2v) is 5.68. The molecule has 0 bridgehead atoms. The number of benzene rings is 2. The van der Waals surface area contributed by atoms with Gasteiger partial charge in [-0.2, -0.15) is 5.26 Å². The van der Waals surface area contributed by atoms with E-state index >= 15 is 0 Å². The van der Waals surface area contributed by atoms with Gasteiger partial charge >= 0.3 is 0 Å². The summed E-state index contributed by atoms with van der Waals surface area (Å²) in [7, 11) is 0. The molecule has 0 unspecified atom stereocenters. The predicted octanol–water partition coefficient (Wildman–Crippen LogP) is 4.71. The first-order chi connectivity index (χ1) is 9.61. The van der Waals surface area contributed by atoms with Crippen LogP contribution in [-0.4, -0.2) is 5.78 Å². The van der Waals surface area contributed by atoms with Gasteiger partial charge in [-0.3, -0.25) is 4.79 Å². The van der Waals surface area contributed by atoms with Crippen LogP contribution in [-0.2, 0) is 5.75 Å². The molecular weight excluding hydrogens is 290 g/mol. The number of carbonyl (C=O) groups is 1. The first-order valence-electron chi connectivity index (χ1n) is 6.03. The van der Waals surface area contributed by atoms with Crippen molar-refractivity contribution in [2.75, 3.05) is 0 Å². The van der Waals surface area contributed by atoms with Crippen LogP contribution < -0.4 is 0 Å². The van der Waals surface area contributed by atoms with E-state index in [1.54, 1.807) is 18.2 Å². The van der Waals surface area contributed by atoms with Crippen molar-refractivity contribution >= 4 is 29.1 Å². The van der Waals surface area contributed by atoms with E-state index in [4.69, 9.17) is 16.9 Å². The number of nitriles is 1. The predicted molar refractivity (Wildman–Crippen MR) is 82.2 cm³/mol. The number of thioether (sulfide) groups is 1. The van der Waals surface area contributed by atoms with Crippen LogP contribution in [0.15, 0.2) is 47.4 Å². The summed E-state index contributed by atoms with van der Waals surface area (Å²) in [5.41, 5.74) is 2.20. The molecule has 2 nitrogen and oxygen atoms in total. The van der Waals surface area contributed by atoms with Crippen LogP contribution in [0.3, 0.4) is 0 Å². The topological polar surface area (TPSA) is 40.9 Å². The van der Waals surface area contributed by atoms with Crippen molar-refractivity contribution in [3.8, 4) is 6.07 Å². The Morgan fingerprint density at radius 2 is 2.05 bits per heavy atom. The fourth-order valence-corrected chi connectivity index (χ4v) is 3.20. The third-order valence-corrected chi connectivity index (χ3v) is 4.30. The van der Waals surface area contributed by atoms with Crippen LogP contribution in [0.5, 0.6) is 0 Å². The summed E-state index contributed by atoms with van der Waals surface area (Å²) in [6.07, 6.45) is 0. The Morgan fingerprint density at radius 3 is 2.70 bits per heavy atom. The lowest BCUT2D eigenvalue weighted by molar-refractivity contribution is 0.101. The van der Waals surface area contributed by atoms with E-state index < -0.39 is 0 Å². The molecule has 2 aromatic rings. The molecule has 0 saturated heterocycles. The molecule has 4 heteroatoms. The Labute approximate surface area is 127 Å². The summed E-state index contributed by atoms with van der Waals surface area (Å²) >= 11 is 7.63. The Hall–Kier alpha value is -1.76. The number of ketones is 1. The molecule has 0 heterocycles. The van der Waals surface area contributed by atoms with Crippen molar-refractivity contribution in [1.82, 2.24) is 0 Å². The molecule has 0 aliphatic heterocycles. The molecule has 20 heavy (non-hydrogen) atoms. The van der Waals surface area contributed by atoms with Crippen molar-refractivity contribution in [3.05, 3.63) is 64.2 Å². The molecule has 0 atom stereocenters. The summed E-state index contributed by atoms with van der Waals surface area (Å²) in [5.74, 6) is 0.658.